The number of nitrogens with zero attached hydrogens (tertiary/aromatic N) is 2. The van der Waals surface area contributed by atoms with Crippen LogP contribution in [0.15, 0.2) is 29.4 Å². The van der Waals surface area contributed by atoms with Gasteiger partial charge in [0, 0.05) is 11.4 Å². The number of hydrogen-bond acceptors (Lipinski definition) is 6. The Morgan fingerprint density at radius 1 is 1.40 bits per heavy atom. The van der Waals surface area contributed by atoms with Crippen LogP contribution in [-0.4, -0.2) is 32.9 Å². The molecule has 0 unspecified atom stereocenters. The first-order valence-corrected chi connectivity index (χ1v) is 7.73. The Labute approximate surface area is 122 Å². The van der Waals surface area contributed by atoms with E-state index in [9.17, 15) is 8.42 Å². The smallest absolute Gasteiger partial charge is 0.328 e. The quantitative estimate of drug-likeness (QED) is 0.435. The van der Waals surface area contributed by atoms with Crippen molar-refractivity contribution in [3.63, 3.8) is 0 Å². The van der Waals surface area contributed by atoms with Crippen molar-refractivity contribution < 1.29 is 17.4 Å². The Morgan fingerprint density at radius 2 is 2.05 bits per heavy atom. The van der Waals surface area contributed by atoms with Crippen LogP contribution < -0.4 is 4.74 Å². The molecular weight excluding hydrogens is 304 g/mol. The molecule has 20 heavy (non-hydrogen) atoms. The molecule has 0 N–H and O–H groups in total. The molecule has 1 aromatic rings. The predicted octanol–water partition coefficient (Wildman–Crippen LogP) is 1.90. The Kier molecular flexibility index (Phi) is 6.28. The molecule has 0 bridgehead atoms. The highest BCUT2D eigenvalue weighted by Gasteiger charge is 2.12. The van der Waals surface area contributed by atoms with Gasteiger partial charge in [-0.2, -0.15) is 13.7 Å². The van der Waals surface area contributed by atoms with Gasteiger partial charge in [0.15, 0.2) is 5.71 Å². The molecule has 0 radical (unpaired) electrons. The van der Waals surface area contributed by atoms with E-state index >= 15 is 0 Å². The van der Waals surface area contributed by atoms with Crippen molar-refractivity contribution in [2.75, 3.05) is 18.7 Å². The van der Waals surface area contributed by atoms with Crippen molar-refractivity contribution in [3.05, 3.63) is 29.8 Å². The van der Waals surface area contributed by atoms with Crippen LogP contribution in [0.2, 0.25) is 0 Å². The van der Waals surface area contributed by atoms with Crippen molar-refractivity contribution >= 4 is 27.4 Å². The first-order valence-electron chi connectivity index (χ1n) is 5.62. The van der Waals surface area contributed by atoms with Crippen molar-refractivity contribution in [1.82, 2.24) is 0 Å². The third-order valence-corrected chi connectivity index (χ3v) is 3.60. The molecule has 108 valence electrons. The molecule has 1 rings (SSSR count). The number of hydrogen-bond donors (Lipinski definition) is 0. The zero-order chi connectivity index (χ0) is 15.0. The van der Waals surface area contributed by atoms with Gasteiger partial charge >= 0.3 is 10.1 Å². The third-order valence-electron chi connectivity index (χ3n) is 2.24. The topological polar surface area (TPSA) is 88.8 Å². The van der Waals surface area contributed by atoms with Gasteiger partial charge < -0.3 is 4.74 Å². The maximum atomic E-state index is 11.4. The minimum atomic E-state index is -3.82. The maximum absolute atomic E-state index is 11.4. The van der Waals surface area contributed by atoms with Gasteiger partial charge in [-0.05, 0) is 30.7 Å². The fraction of sp³-hybridized carbons (Fsp3) is 0.333. The van der Waals surface area contributed by atoms with Crippen molar-refractivity contribution in [3.8, 4) is 11.8 Å². The molecule has 0 fully saturated rings. The van der Waals surface area contributed by atoms with Crippen molar-refractivity contribution in [2.45, 2.75) is 6.42 Å². The van der Waals surface area contributed by atoms with E-state index in [0.717, 1.165) is 0 Å². The van der Waals surface area contributed by atoms with Crippen LogP contribution >= 0.6 is 11.6 Å². The average molecular weight is 317 g/mol. The monoisotopic (exact) mass is 316 g/mol. The summed E-state index contributed by atoms with van der Waals surface area (Å²) in [5.41, 5.74) is 0.294. The highest BCUT2D eigenvalue weighted by atomic mass is 35.5. The summed E-state index contributed by atoms with van der Waals surface area (Å²) in [5, 5.41) is 12.3. The molecule has 6 nitrogen and oxygen atoms in total. The lowest BCUT2D eigenvalue weighted by atomic mass is 10.1. The second-order valence-corrected chi connectivity index (χ2v) is 5.71. The van der Waals surface area contributed by atoms with E-state index in [1.807, 2.05) is 0 Å². The molecule has 0 saturated heterocycles. The summed E-state index contributed by atoms with van der Waals surface area (Å²) in [5.74, 6) is 0.568. The first kappa shape index (κ1) is 16.3. The number of rotatable bonds is 7. The Balaban J connectivity index is 2.85. The second kappa shape index (κ2) is 7.72. The molecule has 0 amide bonds. The summed E-state index contributed by atoms with van der Waals surface area (Å²) in [7, 11) is -2.30. The van der Waals surface area contributed by atoms with Crippen LogP contribution in [0.5, 0.6) is 5.75 Å². The number of alkyl halides is 1. The Hall–Kier alpha value is -1.78. The van der Waals surface area contributed by atoms with Crippen LogP contribution in [-0.2, 0) is 14.4 Å². The Bertz CT molecular complexity index is 605. The standard InChI is InChI=1S/C12H13ClN2O4S/c1-18-11-5-3-10(4-6-11)12(9-14)15-19-20(16,17)8-2-7-13/h3-6H,2,7-8H2,1H3/b15-12-. The van der Waals surface area contributed by atoms with E-state index < -0.39 is 10.1 Å². The van der Waals surface area contributed by atoms with E-state index in [4.69, 9.17) is 21.6 Å². The summed E-state index contributed by atoms with van der Waals surface area (Å²) >= 11 is 5.40. The lowest BCUT2D eigenvalue weighted by Gasteiger charge is -2.02. The zero-order valence-electron chi connectivity index (χ0n) is 10.7. The van der Waals surface area contributed by atoms with Crippen molar-refractivity contribution in [2.24, 2.45) is 5.16 Å². The lowest BCUT2D eigenvalue weighted by Crippen LogP contribution is -2.10. The van der Waals surface area contributed by atoms with Crippen molar-refractivity contribution in [1.29, 1.82) is 5.26 Å². The predicted molar refractivity (Wildman–Crippen MR) is 75.4 cm³/mol. The molecule has 0 spiro atoms. The van der Waals surface area contributed by atoms with Crippen LogP contribution in [0.1, 0.15) is 12.0 Å². The molecule has 0 aliphatic heterocycles. The summed E-state index contributed by atoms with van der Waals surface area (Å²) in [6, 6.07) is 8.19. The van der Waals surface area contributed by atoms with E-state index in [1.165, 1.54) is 7.11 Å². The summed E-state index contributed by atoms with van der Waals surface area (Å²) in [6.45, 7) is 0. The number of ether oxygens (including phenoxy) is 1. The molecule has 0 aromatic heterocycles. The highest BCUT2D eigenvalue weighted by molar-refractivity contribution is 7.86. The van der Waals surface area contributed by atoms with Gasteiger partial charge in [-0.25, -0.2) is 0 Å². The highest BCUT2D eigenvalue weighted by Crippen LogP contribution is 2.12. The first-order chi connectivity index (χ1) is 9.52. The average Bonchev–Trinajstić information content (AvgIpc) is 2.46. The number of oxime groups is 1. The zero-order valence-corrected chi connectivity index (χ0v) is 12.3. The number of halogens is 1. The van der Waals surface area contributed by atoms with Crippen LogP contribution in [0.4, 0.5) is 0 Å². The maximum Gasteiger partial charge on any atom is 0.328 e. The summed E-state index contributed by atoms with van der Waals surface area (Å²) < 4.78 is 32.3. The minimum absolute atomic E-state index is 0.137. The van der Waals surface area contributed by atoms with E-state index in [-0.39, 0.29) is 23.8 Å². The van der Waals surface area contributed by atoms with Gasteiger partial charge in [-0.3, -0.25) is 4.28 Å². The van der Waals surface area contributed by atoms with Crippen LogP contribution in [0.25, 0.3) is 0 Å². The van der Waals surface area contributed by atoms with E-state index in [2.05, 4.69) is 9.44 Å². The fourth-order valence-electron chi connectivity index (χ4n) is 1.25. The molecule has 1 aromatic carbocycles. The minimum Gasteiger partial charge on any atom is -0.497 e. The summed E-state index contributed by atoms with van der Waals surface area (Å²) in [4.78, 5) is 0. The largest absolute Gasteiger partial charge is 0.497 e. The Morgan fingerprint density at radius 3 is 2.55 bits per heavy atom. The molecule has 0 heterocycles. The number of nitriles is 1. The number of benzene rings is 1. The van der Waals surface area contributed by atoms with Gasteiger partial charge in [0.1, 0.15) is 11.8 Å². The van der Waals surface area contributed by atoms with E-state index in [0.29, 0.717) is 11.3 Å². The molecule has 0 atom stereocenters. The van der Waals surface area contributed by atoms with Gasteiger partial charge in [0.25, 0.3) is 0 Å². The van der Waals surface area contributed by atoms with Gasteiger partial charge in [-0.1, -0.05) is 5.16 Å². The normalized spacial score (nSPS) is 11.8. The van der Waals surface area contributed by atoms with Gasteiger partial charge in [-0.15, -0.1) is 11.6 Å². The summed E-state index contributed by atoms with van der Waals surface area (Å²) in [6.07, 6.45) is 0.254. The lowest BCUT2D eigenvalue weighted by molar-refractivity contribution is 0.339. The molecular formula is C12H13ClN2O4S. The third kappa shape index (κ3) is 5.07. The molecule has 8 heteroatoms. The van der Waals surface area contributed by atoms with Crippen LogP contribution in [0, 0.1) is 11.3 Å². The second-order valence-electron chi connectivity index (χ2n) is 3.66. The molecule has 0 aliphatic rings. The fourth-order valence-corrected chi connectivity index (χ4v) is 2.30. The van der Waals surface area contributed by atoms with E-state index in [1.54, 1.807) is 30.3 Å². The van der Waals surface area contributed by atoms with Crippen LogP contribution in [0.3, 0.4) is 0 Å². The van der Waals surface area contributed by atoms with Gasteiger partial charge in [0.2, 0.25) is 0 Å². The molecule has 0 saturated carbocycles. The van der Waals surface area contributed by atoms with Gasteiger partial charge in [0.05, 0.1) is 12.9 Å². The molecule has 0 aliphatic carbocycles. The SMILES string of the molecule is COc1ccc(/C(C#N)=N\OS(=O)(=O)CCCCl)cc1. The number of methoxy groups -OCH3 is 1.